The number of halogens is 1. The number of piperidine rings is 1. The maximum absolute atomic E-state index is 9.72. The molecule has 0 bridgehead atoms. The normalized spacial score (nSPS) is 22.4. The third kappa shape index (κ3) is 3.17. The van der Waals surface area contributed by atoms with Crippen LogP contribution in [0.2, 0.25) is 0 Å². The Morgan fingerprint density at radius 2 is 1.67 bits per heavy atom. The monoisotopic (exact) mass is 305 g/mol. The van der Waals surface area contributed by atoms with E-state index in [0.717, 1.165) is 43.2 Å². The van der Waals surface area contributed by atoms with Gasteiger partial charge in [0.1, 0.15) is 0 Å². The molecule has 0 unspecified atom stereocenters. The highest BCUT2D eigenvalue weighted by atomic mass is 35.5. The molecule has 4 heteroatoms. The Morgan fingerprint density at radius 1 is 1.10 bits per heavy atom. The van der Waals surface area contributed by atoms with E-state index in [4.69, 9.17) is 5.73 Å². The fourth-order valence-electron chi connectivity index (χ4n) is 3.81. The second-order valence-corrected chi connectivity index (χ2v) is 6.29. The van der Waals surface area contributed by atoms with Gasteiger partial charge in [-0.3, -0.25) is 0 Å². The smallest absolute Gasteiger partial charge is 0.0846 e. The number of nitrogens with two attached hydrogens (primary N) is 1. The SMILES string of the molecule is Cl.N#CC1(c2ccc(N)cc2)CCN(C2CCCC2)CC1. The van der Waals surface area contributed by atoms with E-state index in [1.54, 1.807) is 0 Å². The van der Waals surface area contributed by atoms with Gasteiger partial charge in [0.15, 0.2) is 0 Å². The molecule has 21 heavy (non-hydrogen) atoms. The lowest BCUT2D eigenvalue weighted by Gasteiger charge is -2.40. The van der Waals surface area contributed by atoms with Crippen LogP contribution >= 0.6 is 12.4 Å². The van der Waals surface area contributed by atoms with Gasteiger partial charge >= 0.3 is 0 Å². The van der Waals surface area contributed by atoms with Crippen molar-refractivity contribution in [1.29, 1.82) is 5.26 Å². The van der Waals surface area contributed by atoms with Crippen LogP contribution in [-0.4, -0.2) is 24.0 Å². The molecular weight excluding hydrogens is 282 g/mol. The lowest BCUT2D eigenvalue weighted by Crippen LogP contribution is -2.45. The first kappa shape index (κ1) is 16.1. The molecule has 3 nitrogen and oxygen atoms in total. The molecule has 1 aromatic rings. The first-order valence-corrected chi connectivity index (χ1v) is 7.75. The molecule has 114 valence electrons. The minimum atomic E-state index is -0.303. The third-order valence-electron chi connectivity index (χ3n) is 5.17. The molecule has 2 N–H and O–H groups in total. The lowest BCUT2D eigenvalue weighted by atomic mass is 9.73. The molecule has 1 aliphatic heterocycles. The van der Waals surface area contributed by atoms with Gasteiger partial charge in [-0.1, -0.05) is 25.0 Å². The summed E-state index contributed by atoms with van der Waals surface area (Å²) in [5.41, 5.74) is 7.36. The predicted octanol–water partition coefficient (Wildman–Crippen LogP) is 3.49. The van der Waals surface area contributed by atoms with E-state index in [9.17, 15) is 5.26 Å². The zero-order chi connectivity index (χ0) is 14.0. The standard InChI is InChI=1S/C17H23N3.ClH/c18-13-17(14-5-7-15(19)8-6-14)9-11-20(12-10-17)16-3-1-2-4-16;/h5-8,16H,1-4,9-12,19H2;1H. The van der Waals surface area contributed by atoms with Crippen LogP contribution in [0.15, 0.2) is 24.3 Å². The number of nitrogens with zero attached hydrogens (tertiary/aromatic N) is 2. The van der Waals surface area contributed by atoms with Crippen LogP contribution in [0.1, 0.15) is 44.1 Å². The molecule has 1 heterocycles. The summed E-state index contributed by atoms with van der Waals surface area (Å²) in [6.07, 6.45) is 7.35. The zero-order valence-electron chi connectivity index (χ0n) is 12.4. The van der Waals surface area contributed by atoms with E-state index in [1.165, 1.54) is 25.7 Å². The maximum Gasteiger partial charge on any atom is 0.0846 e. The van der Waals surface area contributed by atoms with Gasteiger partial charge in [0.05, 0.1) is 11.5 Å². The van der Waals surface area contributed by atoms with Gasteiger partial charge in [0, 0.05) is 24.8 Å². The lowest BCUT2D eigenvalue weighted by molar-refractivity contribution is 0.135. The first-order chi connectivity index (χ1) is 9.73. The van der Waals surface area contributed by atoms with Gasteiger partial charge in [0.25, 0.3) is 0 Å². The fraction of sp³-hybridized carbons (Fsp3) is 0.588. The molecule has 3 rings (SSSR count). The van der Waals surface area contributed by atoms with E-state index in [0.29, 0.717) is 0 Å². The van der Waals surface area contributed by atoms with Crippen molar-refractivity contribution in [2.75, 3.05) is 18.8 Å². The number of rotatable bonds is 2. The summed E-state index contributed by atoms with van der Waals surface area (Å²) in [6, 6.07) is 11.3. The number of likely N-dealkylation sites (tertiary alicyclic amines) is 1. The summed E-state index contributed by atoms with van der Waals surface area (Å²) in [7, 11) is 0. The summed E-state index contributed by atoms with van der Waals surface area (Å²) in [4.78, 5) is 2.61. The van der Waals surface area contributed by atoms with Gasteiger partial charge in [-0.2, -0.15) is 5.26 Å². The molecule has 1 aliphatic carbocycles. The van der Waals surface area contributed by atoms with Crippen LogP contribution < -0.4 is 5.73 Å². The highest BCUT2D eigenvalue weighted by Crippen LogP contribution is 2.37. The average molecular weight is 306 g/mol. The Morgan fingerprint density at radius 3 is 2.19 bits per heavy atom. The Kier molecular flexibility index (Phi) is 5.13. The number of hydrogen-bond donors (Lipinski definition) is 1. The topological polar surface area (TPSA) is 53.1 Å². The summed E-state index contributed by atoms with van der Waals surface area (Å²) < 4.78 is 0. The van der Waals surface area contributed by atoms with Crippen molar-refractivity contribution in [3.05, 3.63) is 29.8 Å². The van der Waals surface area contributed by atoms with Gasteiger partial charge in [-0.15, -0.1) is 12.4 Å². The van der Waals surface area contributed by atoms with Crippen molar-refractivity contribution >= 4 is 18.1 Å². The largest absolute Gasteiger partial charge is 0.399 e. The van der Waals surface area contributed by atoms with E-state index in [-0.39, 0.29) is 17.8 Å². The van der Waals surface area contributed by atoms with Crippen molar-refractivity contribution in [3.8, 4) is 6.07 Å². The van der Waals surface area contributed by atoms with Crippen LogP contribution in [0.3, 0.4) is 0 Å². The van der Waals surface area contributed by atoms with Crippen molar-refractivity contribution in [2.45, 2.75) is 50.0 Å². The van der Waals surface area contributed by atoms with Crippen molar-refractivity contribution < 1.29 is 0 Å². The minimum Gasteiger partial charge on any atom is -0.399 e. The number of anilines is 1. The van der Waals surface area contributed by atoms with Gasteiger partial charge < -0.3 is 10.6 Å². The molecular formula is C17H24ClN3. The van der Waals surface area contributed by atoms with E-state index >= 15 is 0 Å². The molecule has 0 aromatic heterocycles. The van der Waals surface area contributed by atoms with Crippen LogP contribution in [0.4, 0.5) is 5.69 Å². The van der Waals surface area contributed by atoms with Gasteiger partial charge in [-0.05, 0) is 43.4 Å². The van der Waals surface area contributed by atoms with E-state index < -0.39 is 0 Å². The highest BCUT2D eigenvalue weighted by molar-refractivity contribution is 5.85. The Labute approximate surface area is 133 Å². The number of benzene rings is 1. The second-order valence-electron chi connectivity index (χ2n) is 6.29. The summed E-state index contributed by atoms with van der Waals surface area (Å²) in [5, 5.41) is 9.72. The Hall–Kier alpha value is -1.24. The molecule has 0 radical (unpaired) electrons. The molecule has 0 atom stereocenters. The average Bonchev–Trinajstić information content (AvgIpc) is 3.02. The third-order valence-corrected chi connectivity index (χ3v) is 5.17. The van der Waals surface area contributed by atoms with Gasteiger partial charge in [-0.25, -0.2) is 0 Å². The van der Waals surface area contributed by atoms with Crippen LogP contribution in [0.25, 0.3) is 0 Å². The molecule has 1 saturated carbocycles. The minimum absolute atomic E-state index is 0. The van der Waals surface area contributed by atoms with Crippen molar-refractivity contribution in [3.63, 3.8) is 0 Å². The maximum atomic E-state index is 9.72. The van der Waals surface area contributed by atoms with E-state index in [2.05, 4.69) is 11.0 Å². The number of hydrogen-bond acceptors (Lipinski definition) is 3. The van der Waals surface area contributed by atoms with Crippen LogP contribution in [0, 0.1) is 11.3 Å². The summed E-state index contributed by atoms with van der Waals surface area (Å²) in [5.74, 6) is 0. The fourth-order valence-corrected chi connectivity index (χ4v) is 3.81. The quantitative estimate of drug-likeness (QED) is 0.851. The first-order valence-electron chi connectivity index (χ1n) is 7.75. The molecule has 0 spiro atoms. The molecule has 2 fully saturated rings. The zero-order valence-corrected chi connectivity index (χ0v) is 13.2. The molecule has 1 saturated heterocycles. The second kappa shape index (κ2) is 6.68. The summed E-state index contributed by atoms with van der Waals surface area (Å²) >= 11 is 0. The van der Waals surface area contributed by atoms with Gasteiger partial charge in [0.2, 0.25) is 0 Å². The highest BCUT2D eigenvalue weighted by Gasteiger charge is 2.38. The number of nitriles is 1. The molecule has 0 amide bonds. The van der Waals surface area contributed by atoms with Crippen molar-refractivity contribution in [1.82, 2.24) is 4.90 Å². The predicted molar refractivity (Wildman–Crippen MR) is 88.5 cm³/mol. The Balaban J connectivity index is 0.00000161. The number of nitrogen functional groups attached to an aromatic ring is 1. The Bertz CT molecular complexity index is 492. The van der Waals surface area contributed by atoms with Crippen molar-refractivity contribution in [2.24, 2.45) is 0 Å². The van der Waals surface area contributed by atoms with E-state index in [1.807, 2.05) is 24.3 Å². The van der Waals surface area contributed by atoms with Crippen LogP contribution in [0.5, 0.6) is 0 Å². The molecule has 1 aromatic carbocycles. The summed E-state index contributed by atoms with van der Waals surface area (Å²) in [6.45, 7) is 2.12. The van der Waals surface area contributed by atoms with Crippen LogP contribution in [-0.2, 0) is 5.41 Å². The molecule has 2 aliphatic rings.